The van der Waals surface area contributed by atoms with Crippen LogP contribution in [0, 0.1) is 0 Å². The lowest BCUT2D eigenvalue weighted by Gasteiger charge is -2.32. The summed E-state index contributed by atoms with van der Waals surface area (Å²) in [5.74, 6) is 0.790. The van der Waals surface area contributed by atoms with Crippen LogP contribution in [0.15, 0.2) is 48.8 Å². The zero-order valence-electron chi connectivity index (χ0n) is 15.1. The molecule has 26 heavy (non-hydrogen) atoms. The fourth-order valence-electron chi connectivity index (χ4n) is 3.03. The number of pyridine rings is 1. The molecule has 0 spiro atoms. The summed E-state index contributed by atoms with van der Waals surface area (Å²) in [6.07, 6.45) is 5.54. The molecule has 1 aromatic heterocycles. The molecular formula is C20H25N3O3. The standard InChI is InChI=1S/C20H25N3O3/c1-25-18-7-2-5-16(11-18)13-22-20(24)23-10-4-8-19(14-23)26-15-17-6-3-9-21-12-17/h2-3,5-7,9,11-12,19H,4,8,10,13-15H2,1H3,(H,22,24)/t19-/m1/s1. The summed E-state index contributed by atoms with van der Waals surface area (Å²) in [6, 6.07) is 11.5. The number of rotatable bonds is 6. The Balaban J connectivity index is 1.46. The lowest BCUT2D eigenvalue weighted by Crippen LogP contribution is -2.47. The Kier molecular flexibility index (Phi) is 6.44. The van der Waals surface area contributed by atoms with E-state index in [0.717, 1.165) is 36.3 Å². The zero-order valence-corrected chi connectivity index (χ0v) is 15.1. The maximum atomic E-state index is 12.5. The molecule has 1 aliphatic heterocycles. The van der Waals surface area contributed by atoms with Gasteiger partial charge in [-0.05, 0) is 42.2 Å². The molecule has 2 aromatic rings. The minimum Gasteiger partial charge on any atom is -0.497 e. The lowest BCUT2D eigenvalue weighted by atomic mass is 10.1. The fraction of sp³-hybridized carbons (Fsp3) is 0.400. The van der Waals surface area contributed by atoms with Gasteiger partial charge in [0.25, 0.3) is 0 Å². The third-order valence-electron chi connectivity index (χ3n) is 4.45. The number of aromatic nitrogens is 1. The predicted molar refractivity (Wildman–Crippen MR) is 98.9 cm³/mol. The van der Waals surface area contributed by atoms with E-state index in [-0.39, 0.29) is 12.1 Å². The number of nitrogens with zero attached hydrogens (tertiary/aromatic N) is 2. The molecule has 138 valence electrons. The summed E-state index contributed by atoms with van der Waals surface area (Å²) in [7, 11) is 1.64. The molecule has 0 radical (unpaired) electrons. The van der Waals surface area contributed by atoms with Crippen molar-refractivity contribution in [3.05, 3.63) is 59.9 Å². The minimum atomic E-state index is -0.0532. The average molecular weight is 355 g/mol. The van der Waals surface area contributed by atoms with E-state index in [0.29, 0.717) is 19.7 Å². The number of ether oxygens (including phenoxy) is 2. The number of benzene rings is 1. The molecule has 1 fully saturated rings. The van der Waals surface area contributed by atoms with Gasteiger partial charge < -0.3 is 19.7 Å². The van der Waals surface area contributed by atoms with E-state index in [1.165, 1.54) is 0 Å². The van der Waals surface area contributed by atoms with Crippen LogP contribution in [0.3, 0.4) is 0 Å². The van der Waals surface area contributed by atoms with Crippen molar-refractivity contribution in [3.63, 3.8) is 0 Å². The van der Waals surface area contributed by atoms with Crippen LogP contribution >= 0.6 is 0 Å². The molecule has 1 aromatic carbocycles. The van der Waals surface area contributed by atoms with Crippen LogP contribution in [-0.4, -0.2) is 42.2 Å². The summed E-state index contributed by atoms with van der Waals surface area (Å²) >= 11 is 0. The second-order valence-corrected chi connectivity index (χ2v) is 6.39. The van der Waals surface area contributed by atoms with Crippen LogP contribution in [0.5, 0.6) is 5.75 Å². The van der Waals surface area contributed by atoms with Gasteiger partial charge in [-0.25, -0.2) is 4.79 Å². The molecule has 6 nitrogen and oxygen atoms in total. The first-order chi connectivity index (χ1) is 12.7. The molecule has 2 amide bonds. The molecule has 1 N–H and O–H groups in total. The van der Waals surface area contributed by atoms with Gasteiger partial charge in [-0.2, -0.15) is 0 Å². The first-order valence-corrected chi connectivity index (χ1v) is 8.91. The fourth-order valence-corrected chi connectivity index (χ4v) is 3.03. The number of nitrogens with one attached hydrogen (secondary N) is 1. The SMILES string of the molecule is COc1cccc(CNC(=O)N2CCC[C@@H](OCc3cccnc3)C2)c1. The van der Waals surface area contributed by atoms with Gasteiger partial charge in [0.05, 0.1) is 19.8 Å². The summed E-state index contributed by atoms with van der Waals surface area (Å²) in [5, 5.41) is 2.98. The Morgan fingerprint density at radius 2 is 2.19 bits per heavy atom. The quantitative estimate of drug-likeness (QED) is 0.865. The third kappa shape index (κ3) is 5.20. The highest BCUT2D eigenvalue weighted by atomic mass is 16.5. The van der Waals surface area contributed by atoms with Crippen molar-refractivity contribution in [2.75, 3.05) is 20.2 Å². The molecule has 0 unspecified atom stereocenters. The number of hydrogen-bond acceptors (Lipinski definition) is 4. The third-order valence-corrected chi connectivity index (χ3v) is 4.45. The van der Waals surface area contributed by atoms with Crippen molar-refractivity contribution in [1.29, 1.82) is 0 Å². The van der Waals surface area contributed by atoms with Gasteiger partial charge in [0, 0.05) is 32.0 Å². The Morgan fingerprint density at radius 1 is 1.31 bits per heavy atom. The highest BCUT2D eigenvalue weighted by Gasteiger charge is 2.24. The van der Waals surface area contributed by atoms with E-state index in [2.05, 4.69) is 10.3 Å². The Labute approximate surface area is 154 Å². The average Bonchev–Trinajstić information content (AvgIpc) is 2.71. The van der Waals surface area contributed by atoms with E-state index in [9.17, 15) is 4.79 Å². The number of urea groups is 1. The second kappa shape index (κ2) is 9.20. The van der Waals surface area contributed by atoms with Gasteiger partial charge in [0.1, 0.15) is 5.75 Å². The largest absolute Gasteiger partial charge is 0.497 e. The van der Waals surface area contributed by atoms with E-state index < -0.39 is 0 Å². The van der Waals surface area contributed by atoms with Crippen molar-refractivity contribution >= 4 is 6.03 Å². The summed E-state index contributed by atoms with van der Waals surface area (Å²) in [5.41, 5.74) is 2.06. The van der Waals surface area contributed by atoms with Gasteiger partial charge in [-0.1, -0.05) is 18.2 Å². The van der Waals surface area contributed by atoms with Crippen molar-refractivity contribution in [1.82, 2.24) is 15.2 Å². The summed E-state index contributed by atoms with van der Waals surface area (Å²) in [6.45, 7) is 2.38. The van der Waals surface area contributed by atoms with Crippen LogP contribution < -0.4 is 10.1 Å². The first kappa shape index (κ1) is 18.2. The van der Waals surface area contributed by atoms with E-state index in [4.69, 9.17) is 9.47 Å². The number of carbonyl (C=O) groups is 1. The van der Waals surface area contributed by atoms with E-state index in [1.807, 2.05) is 41.3 Å². The van der Waals surface area contributed by atoms with Crippen LogP contribution in [0.25, 0.3) is 0 Å². The maximum absolute atomic E-state index is 12.5. The van der Waals surface area contributed by atoms with Crippen LogP contribution in [0.1, 0.15) is 24.0 Å². The molecule has 0 aliphatic carbocycles. The summed E-state index contributed by atoms with van der Waals surface area (Å²) in [4.78, 5) is 18.4. The van der Waals surface area contributed by atoms with Gasteiger partial charge in [-0.3, -0.25) is 4.98 Å². The number of hydrogen-bond donors (Lipinski definition) is 1. The number of amides is 2. The molecule has 0 bridgehead atoms. The van der Waals surface area contributed by atoms with Gasteiger partial charge >= 0.3 is 6.03 Å². The normalized spacial score (nSPS) is 17.0. The predicted octanol–water partition coefficient (Wildman–Crippen LogP) is 2.98. The highest BCUT2D eigenvalue weighted by molar-refractivity contribution is 5.74. The number of piperidine rings is 1. The lowest BCUT2D eigenvalue weighted by molar-refractivity contribution is -0.000459. The van der Waals surface area contributed by atoms with Crippen molar-refractivity contribution in [2.24, 2.45) is 0 Å². The van der Waals surface area contributed by atoms with Crippen molar-refractivity contribution in [2.45, 2.75) is 32.1 Å². The van der Waals surface area contributed by atoms with E-state index >= 15 is 0 Å². The zero-order chi connectivity index (χ0) is 18.2. The highest BCUT2D eigenvalue weighted by Crippen LogP contribution is 2.16. The smallest absolute Gasteiger partial charge is 0.317 e. The summed E-state index contributed by atoms with van der Waals surface area (Å²) < 4.78 is 11.2. The second-order valence-electron chi connectivity index (χ2n) is 6.39. The Bertz CT molecular complexity index is 708. The van der Waals surface area contributed by atoms with Crippen LogP contribution in [0.4, 0.5) is 4.79 Å². The molecule has 2 heterocycles. The Morgan fingerprint density at radius 3 is 3.00 bits per heavy atom. The Hall–Kier alpha value is -2.60. The number of carbonyl (C=O) groups excluding carboxylic acids is 1. The van der Waals surface area contributed by atoms with Crippen LogP contribution in [0.2, 0.25) is 0 Å². The van der Waals surface area contributed by atoms with Gasteiger partial charge in [0.2, 0.25) is 0 Å². The molecule has 6 heteroatoms. The number of methoxy groups -OCH3 is 1. The van der Waals surface area contributed by atoms with Crippen LogP contribution in [-0.2, 0) is 17.9 Å². The van der Waals surface area contributed by atoms with Gasteiger partial charge in [-0.15, -0.1) is 0 Å². The number of likely N-dealkylation sites (tertiary alicyclic amines) is 1. The molecule has 3 rings (SSSR count). The van der Waals surface area contributed by atoms with Crippen molar-refractivity contribution < 1.29 is 14.3 Å². The monoisotopic (exact) mass is 355 g/mol. The maximum Gasteiger partial charge on any atom is 0.317 e. The van der Waals surface area contributed by atoms with Gasteiger partial charge in [0.15, 0.2) is 0 Å². The molecular weight excluding hydrogens is 330 g/mol. The molecule has 1 aliphatic rings. The molecule has 0 saturated carbocycles. The van der Waals surface area contributed by atoms with E-state index in [1.54, 1.807) is 19.5 Å². The topological polar surface area (TPSA) is 63.7 Å². The molecule has 1 saturated heterocycles. The first-order valence-electron chi connectivity index (χ1n) is 8.91. The minimum absolute atomic E-state index is 0.0532. The molecule has 1 atom stereocenters. The van der Waals surface area contributed by atoms with Crippen molar-refractivity contribution in [3.8, 4) is 5.75 Å².